The number of rotatable bonds is 4. The van der Waals surface area contributed by atoms with Gasteiger partial charge in [-0.15, -0.1) is 0 Å². The third-order valence-corrected chi connectivity index (χ3v) is 1.86. The molecule has 3 heteroatoms. The van der Waals surface area contributed by atoms with E-state index in [0.29, 0.717) is 12.2 Å². The molecule has 1 aromatic rings. The normalized spacial score (nSPS) is 9.50. The zero-order valence-corrected chi connectivity index (χ0v) is 8.53. The van der Waals surface area contributed by atoms with Gasteiger partial charge in [0.2, 0.25) is 0 Å². The summed E-state index contributed by atoms with van der Waals surface area (Å²) < 4.78 is 0. The molecule has 1 rings (SSSR count). The number of hydroxylamine groups is 1. The summed E-state index contributed by atoms with van der Waals surface area (Å²) in [6.45, 7) is 5.41. The smallest absolute Gasteiger partial charge is 0.0991 e. The summed E-state index contributed by atoms with van der Waals surface area (Å²) in [5.41, 5.74) is 1.65. The van der Waals surface area contributed by atoms with Gasteiger partial charge in [-0.2, -0.15) is 5.26 Å². The molecule has 0 N–H and O–H groups in total. The molecule has 14 heavy (non-hydrogen) atoms. The van der Waals surface area contributed by atoms with E-state index in [9.17, 15) is 0 Å². The molecular formula is C11H14N2O. The van der Waals surface area contributed by atoms with E-state index in [1.165, 1.54) is 0 Å². The molecule has 0 atom stereocenters. The SMILES string of the molecule is CCON(CC)c1ccc(C#N)cc1. The molecule has 0 bridgehead atoms. The lowest BCUT2D eigenvalue weighted by Crippen LogP contribution is -2.22. The van der Waals surface area contributed by atoms with Crippen molar-refractivity contribution in [3.05, 3.63) is 29.8 Å². The summed E-state index contributed by atoms with van der Waals surface area (Å²) in [4.78, 5) is 5.40. The Morgan fingerprint density at radius 2 is 1.93 bits per heavy atom. The summed E-state index contributed by atoms with van der Waals surface area (Å²) in [7, 11) is 0. The molecule has 0 unspecified atom stereocenters. The lowest BCUT2D eigenvalue weighted by atomic mass is 10.2. The van der Waals surface area contributed by atoms with Gasteiger partial charge >= 0.3 is 0 Å². The van der Waals surface area contributed by atoms with Crippen LogP contribution in [0.1, 0.15) is 19.4 Å². The lowest BCUT2D eigenvalue weighted by molar-refractivity contribution is 0.123. The molecule has 0 heterocycles. The fraction of sp³-hybridized carbons (Fsp3) is 0.364. The van der Waals surface area contributed by atoms with E-state index in [1.54, 1.807) is 17.2 Å². The number of nitriles is 1. The second-order valence-corrected chi connectivity index (χ2v) is 2.77. The second kappa shape index (κ2) is 5.25. The zero-order chi connectivity index (χ0) is 10.4. The van der Waals surface area contributed by atoms with Crippen molar-refractivity contribution in [2.24, 2.45) is 0 Å². The molecule has 3 nitrogen and oxygen atoms in total. The van der Waals surface area contributed by atoms with E-state index in [2.05, 4.69) is 6.07 Å². The summed E-state index contributed by atoms with van der Waals surface area (Å²) in [5.74, 6) is 0. The van der Waals surface area contributed by atoms with Gasteiger partial charge in [-0.1, -0.05) is 0 Å². The van der Waals surface area contributed by atoms with E-state index in [4.69, 9.17) is 10.1 Å². The van der Waals surface area contributed by atoms with Gasteiger partial charge < -0.3 is 0 Å². The van der Waals surface area contributed by atoms with Gasteiger partial charge in [0, 0.05) is 6.54 Å². The summed E-state index contributed by atoms with van der Waals surface area (Å²) in [6, 6.07) is 9.43. The molecule has 0 amide bonds. The van der Waals surface area contributed by atoms with Crippen LogP contribution in [0.25, 0.3) is 0 Å². The highest BCUT2D eigenvalue weighted by Gasteiger charge is 2.02. The molecule has 0 aliphatic heterocycles. The van der Waals surface area contributed by atoms with Crippen molar-refractivity contribution in [3.8, 4) is 6.07 Å². The molecule has 0 radical (unpaired) electrons. The van der Waals surface area contributed by atoms with E-state index in [-0.39, 0.29) is 0 Å². The minimum absolute atomic E-state index is 0.647. The van der Waals surface area contributed by atoms with Gasteiger partial charge in [-0.05, 0) is 38.1 Å². The van der Waals surface area contributed by atoms with Crippen LogP contribution in [0, 0.1) is 11.3 Å². The monoisotopic (exact) mass is 190 g/mol. The van der Waals surface area contributed by atoms with Crippen LogP contribution in [-0.2, 0) is 4.84 Å². The zero-order valence-electron chi connectivity index (χ0n) is 8.53. The number of benzene rings is 1. The highest BCUT2D eigenvalue weighted by molar-refractivity contribution is 5.47. The van der Waals surface area contributed by atoms with Crippen molar-refractivity contribution >= 4 is 5.69 Å². The number of nitrogens with zero attached hydrogens (tertiary/aromatic N) is 2. The van der Waals surface area contributed by atoms with Gasteiger partial charge in [-0.25, -0.2) is 0 Å². The molecule has 0 aromatic heterocycles. The van der Waals surface area contributed by atoms with Crippen LogP contribution in [0.15, 0.2) is 24.3 Å². The predicted octanol–water partition coefficient (Wildman–Crippen LogP) is 2.34. The highest BCUT2D eigenvalue weighted by atomic mass is 16.7. The Bertz CT molecular complexity index is 313. The molecular weight excluding hydrogens is 176 g/mol. The van der Waals surface area contributed by atoms with Crippen LogP contribution in [0.2, 0.25) is 0 Å². The molecule has 0 aliphatic carbocycles. The lowest BCUT2D eigenvalue weighted by Gasteiger charge is -2.21. The minimum atomic E-state index is 0.647. The second-order valence-electron chi connectivity index (χ2n) is 2.77. The summed E-state index contributed by atoms with van der Waals surface area (Å²) in [5, 5.41) is 10.4. The average molecular weight is 190 g/mol. The van der Waals surface area contributed by atoms with Crippen molar-refractivity contribution in [2.45, 2.75) is 13.8 Å². The third-order valence-electron chi connectivity index (χ3n) is 1.86. The fourth-order valence-electron chi connectivity index (χ4n) is 1.21. The first-order valence-corrected chi connectivity index (χ1v) is 4.72. The molecule has 0 saturated carbocycles. The van der Waals surface area contributed by atoms with Crippen LogP contribution in [0.3, 0.4) is 0 Å². The van der Waals surface area contributed by atoms with E-state index >= 15 is 0 Å². The Hall–Kier alpha value is -1.53. The van der Waals surface area contributed by atoms with Crippen LogP contribution in [-0.4, -0.2) is 13.2 Å². The predicted molar refractivity (Wildman–Crippen MR) is 55.8 cm³/mol. The summed E-state index contributed by atoms with van der Waals surface area (Å²) in [6.07, 6.45) is 0. The van der Waals surface area contributed by atoms with E-state index < -0.39 is 0 Å². The van der Waals surface area contributed by atoms with Crippen molar-refractivity contribution in [3.63, 3.8) is 0 Å². The molecule has 1 aromatic carbocycles. The maximum atomic E-state index is 8.63. The maximum absolute atomic E-state index is 8.63. The molecule has 0 fully saturated rings. The first kappa shape index (κ1) is 10.6. The number of hydrogen-bond acceptors (Lipinski definition) is 3. The fourth-order valence-corrected chi connectivity index (χ4v) is 1.21. The Labute approximate surface area is 84.5 Å². The largest absolute Gasteiger partial charge is 0.274 e. The summed E-state index contributed by atoms with van der Waals surface area (Å²) >= 11 is 0. The van der Waals surface area contributed by atoms with E-state index in [0.717, 1.165) is 12.2 Å². The number of hydrogen-bond donors (Lipinski definition) is 0. The number of anilines is 1. The topological polar surface area (TPSA) is 36.3 Å². The highest BCUT2D eigenvalue weighted by Crippen LogP contribution is 2.14. The van der Waals surface area contributed by atoms with Crippen molar-refractivity contribution in [2.75, 3.05) is 18.2 Å². The standard InChI is InChI=1S/C11H14N2O/c1-3-13(14-4-2)11-7-5-10(9-12)6-8-11/h5-8H,3-4H2,1-2H3. The van der Waals surface area contributed by atoms with Crippen LogP contribution in [0.5, 0.6) is 0 Å². The van der Waals surface area contributed by atoms with Gasteiger partial charge in [0.1, 0.15) is 0 Å². The molecule has 0 spiro atoms. The Morgan fingerprint density at radius 3 is 2.36 bits per heavy atom. The van der Waals surface area contributed by atoms with E-state index in [1.807, 2.05) is 26.0 Å². The molecule has 74 valence electrons. The van der Waals surface area contributed by atoms with Crippen LogP contribution < -0.4 is 5.06 Å². The average Bonchev–Trinajstić information content (AvgIpc) is 2.26. The molecule has 0 aliphatic rings. The maximum Gasteiger partial charge on any atom is 0.0991 e. The van der Waals surface area contributed by atoms with Crippen molar-refractivity contribution in [1.82, 2.24) is 0 Å². The minimum Gasteiger partial charge on any atom is -0.274 e. The Morgan fingerprint density at radius 1 is 1.29 bits per heavy atom. The molecule has 0 saturated heterocycles. The third kappa shape index (κ3) is 2.48. The van der Waals surface area contributed by atoms with Crippen LogP contribution >= 0.6 is 0 Å². The Balaban J connectivity index is 2.79. The Kier molecular flexibility index (Phi) is 3.96. The van der Waals surface area contributed by atoms with Gasteiger partial charge in [0.25, 0.3) is 0 Å². The first-order valence-electron chi connectivity index (χ1n) is 4.72. The van der Waals surface area contributed by atoms with Gasteiger partial charge in [0.05, 0.1) is 23.9 Å². The first-order chi connectivity index (χ1) is 6.81. The van der Waals surface area contributed by atoms with Crippen LogP contribution in [0.4, 0.5) is 5.69 Å². The quantitative estimate of drug-likeness (QED) is 0.684. The van der Waals surface area contributed by atoms with Gasteiger partial charge in [-0.3, -0.25) is 9.90 Å². The van der Waals surface area contributed by atoms with Crippen molar-refractivity contribution in [1.29, 1.82) is 5.26 Å². The van der Waals surface area contributed by atoms with Crippen molar-refractivity contribution < 1.29 is 4.84 Å². The van der Waals surface area contributed by atoms with Gasteiger partial charge in [0.15, 0.2) is 0 Å².